The molecule has 4 rings (SSSR count). The highest BCUT2D eigenvalue weighted by atomic mass is 35.5. The number of carbonyl (C=O) groups is 5. The first-order valence-corrected chi connectivity index (χ1v) is 38.7. The average molecular weight is 1610 g/mol. The molecule has 3 aromatic carbocycles. The molecule has 0 aromatic heterocycles. The number of Topliss-reactive ketones (excluding diaryl/α,β-unsaturated/α-hetero) is 5. The lowest BCUT2D eigenvalue weighted by Gasteiger charge is -2.23. The largest absolute Gasteiger partial charge is 0.491 e. The van der Waals surface area contributed by atoms with Crippen molar-refractivity contribution >= 4 is 52.1 Å². The van der Waals surface area contributed by atoms with Crippen LogP contribution >= 0.6 is 23.2 Å². The highest BCUT2D eigenvalue weighted by Crippen LogP contribution is 2.33. The maximum atomic E-state index is 12.8. The third-order valence-electron chi connectivity index (χ3n) is 14.9. The van der Waals surface area contributed by atoms with Crippen molar-refractivity contribution in [3.8, 4) is 101 Å². The van der Waals surface area contributed by atoms with Crippen LogP contribution in [0.15, 0.2) is 188 Å². The summed E-state index contributed by atoms with van der Waals surface area (Å²) < 4.78 is 30.8. The van der Waals surface area contributed by atoms with Crippen LogP contribution in [-0.2, 0) is 24.0 Å². The Bertz CT molecular complexity index is 4230. The number of hydrogen-bond donors (Lipinski definition) is 8. The number of unbranched alkanes of at least 4 members (excludes halogenated alkanes) is 3. The fraction of sp³-hybridized carbons (Fsp3) is 0.392. The molecule has 0 heterocycles. The second kappa shape index (κ2) is 68.2. The van der Waals surface area contributed by atoms with Crippen molar-refractivity contribution in [2.45, 2.75) is 226 Å². The summed E-state index contributed by atoms with van der Waals surface area (Å²) in [5.41, 5.74) is 1.13. The second-order valence-corrected chi connectivity index (χ2v) is 28.0. The number of terminal acetylenes is 1. The van der Waals surface area contributed by atoms with Gasteiger partial charge in [0.05, 0.1) is 28.4 Å². The van der Waals surface area contributed by atoms with E-state index in [4.69, 9.17) is 34.4 Å². The number of allylic oxidation sites excluding steroid dienone is 16. The van der Waals surface area contributed by atoms with Gasteiger partial charge in [-0.3, -0.25) is 0 Å². The molecule has 115 heavy (non-hydrogen) atoms. The number of benzene rings is 3. The van der Waals surface area contributed by atoms with Gasteiger partial charge in [0.2, 0.25) is 0 Å². The molecule has 612 valence electrons. The van der Waals surface area contributed by atoms with Crippen molar-refractivity contribution in [3.05, 3.63) is 221 Å². The van der Waals surface area contributed by atoms with Gasteiger partial charge in [0.1, 0.15) is 83.4 Å². The van der Waals surface area contributed by atoms with Crippen molar-refractivity contribution in [2.75, 3.05) is 6.61 Å². The number of ketones is 5. The van der Waals surface area contributed by atoms with Crippen molar-refractivity contribution < 1.29 is 78.3 Å². The van der Waals surface area contributed by atoms with Gasteiger partial charge in [-0.2, -0.15) is 0 Å². The fourth-order valence-electron chi connectivity index (χ4n) is 8.99. The number of halogens is 4. The van der Waals surface area contributed by atoms with Crippen LogP contribution in [0.2, 0.25) is 10.0 Å². The summed E-state index contributed by atoms with van der Waals surface area (Å²) >= 11 is 11.8. The Morgan fingerprint density at radius 2 is 0.922 bits per heavy atom. The molecule has 0 unspecified atom stereocenters. The zero-order valence-electron chi connectivity index (χ0n) is 67.1. The van der Waals surface area contributed by atoms with E-state index < -0.39 is 42.7 Å². The fourth-order valence-corrected chi connectivity index (χ4v) is 9.28. The maximum Gasteiger partial charge on any atom is 0.130 e. The molecule has 1 aliphatic carbocycles. The molecule has 1 saturated carbocycles. The zero-order chi connectivity index (χ0) is 85.7. The minimum atomic E-state index is -0.815. The van der Waals surface area contributed by atoms with E-state index in [9.17, 15) is 73.6 Å². The normalized spacial score (nSPS) is 13.7. The Kier molecular flexibility index (Phi) is 62.2. The molecule has 14 nitrogen and oxygen atoms in total. The van der Waals surface area contributed by atoms with Gasteiger partial charge in [0.25, 0.3) is 0 Å². The van der Waals surface area contributed by atoms with E-state index in [1.54, 1.807) is 128 Å². The summed E-state index contributed by atoms with van der Waals surface area (Å²) in [6, 6.07) is 16.5. The second-order valence-electron chi connectivity index (χ2n) is 27.1. The molecular weight excluding hydrogens is 1500 g/mol. The minimum Gasteiger partial charge on any atom is -0.491 e. The van der Waals surface area contributed by atoms with Crippen LogP contribution in [0.5, 0.6) is 5.75 Å². The molecule has 1 fully saturated rings. The van der Waals surface area contributed by atoms with Crippen LogP contribution in [0.1, 0.15) is 188 Å². The number of carbonyl (C=O) groups excluding carboxylic acids is 5. The smallest absolute Gasteiger partial charge is 0.130 e. The lowest BCUT2D eigenvalue weighted by molar-refractivity contribution is -0.119. The van der Waals surface area contributed by atoms with E-state index in [0.29, 0.717) is 91.5 Å². The summed E-state index contributed by atoms with van der Waals surface area (Å²) in [6.45, 7) is 11.6. The molecule has 0 saturated heterocycles. The molecule has 8 atom stereocenters. The van der Waals surface area contributed by atoms with Gasteiger partial charge in [-0.1, -0.05) is 224 Å². The van der Waals surface area contributed by atoms with E-state index in [2.05, 4.69) is 88.8 Å². The van der Waals surface area contributed by atoms with Crippen LogP contribution < -0.4 is 4.74 Å². The van der Waals surface area contributed by atoms with Gasteiger partial charge >= 0.3 is 0 Å². The Balaban J connectivity index is 0.00000143. The molecule has 0 radical (unpaired) electrons. The van der Waals surface area contributed by atoms with Gasteiger partial charge in [0, 0.05) is 68.9 Å². The molecule has 0 spiro atoms. The van der Waals surface area contributed by atoms with Crippen LogP contribution in [0.3, 0.4) is 0 Å². The summed E-state index contributed by atoms with van der Waals surface area (Å²) in [5, 5.41) is 78.4. The van der Waals surface area contributed by atoms with E-state index in [1.807, 2.05) is 38.2 Å². The Morgan fingerprint density at radius 3 is 1.40 bits per heavy atom. The molecule has 8 N–H and O–H groups in total. The molecule has 0 aliphatic heterocycles. The highest BCUT2D eigenvalue weighted by molar-refractivity contribution is 6.42. The van der Waals surface area contributed by atoms with Gasteiger partial charge in [-0.15, -0.1) is 12.3 Å². The lowest BCUT2D eigenvalue weighted by Crippen LogP contribution is -2.22. The average Bonchev–Trinajstić information content (AvgIpc) is 1.88. The van der Waals surface area contributed by atoms with E-state index >= 15 is 0 Å². The Hall–Kier alpha value is -10.2. The van der Waals surface area contributed by atoms with Crippen molar-refractivity contribution in [2.24, 2.45) is 11.3 Å². The van der Waals surface area contributed by atoms with Crippen molar-refractivity contribution in [3.63, 3.8) is 0 Å². The van der Waals surface area contributed by atoms with Crippen molar-refractivity contribution in [1.82, 2.24) is 0 Å². The van der Waals surface area contributed by atoms with Gasteiger partial charge in [0.15, 0.2) is 0 Å². The number of aliphatic hydroxyl groups is 8. The molecule has 1 aliphatic rings. The van der Waals surface area contributed by atoms with Crippen LogP contribution in [0.25, 0.3) is 0 Å². The SMILES string of the molecule is C#CCC/C=C/C=C/C#CCCCCC(C)=O.CC(=O)CC(C)(C)C[C@H](O)C#C/C=C/C=C/[C@H](O)COc1ccc(F)cc1.CC(=O)CCC[C@H](O)C#C/C=C/C=C/[C@H](O)CC#Cc1ccc(Cl)c(Cl)c1.CC(=O)CC[C@H](O)C#C/C=C/C=C/[C@H](O)CC#Cc1ccc(F)cc1.CC(=O)CC[C@H](O)C#C/C=C/C=C/[C@H](O)CC1CC1. The lowest BCUT2D eigenvalue weighted by atomic mass is 9.82. The first-order chi connectivity index (χ1) is 54.9. The van der Waals surface area contributed by atoms with E-state index in [1.165, 1.54) is 83.0 Å². The summed E-state index contributed by atoms with van der Waals surface area (Å²) in [7, 11) is 0. The first kappa shape index (κ1) is 105. The van der Waals surface area contributed by atoms with Crippen LogP contribution in [0.4, 0.5) is 8.78 Å². The third-order valence-corrected chi connectivity index (χ3v) is 15.7. The van der Waals surface area contributed by atoms with Gasteiger partial charge in [-0.05, 0) is 201 Å². The standard InChI is InChI=1S/C22H22Cl2O3.C22H27FO4.C21H21FO3.C16H22O3.C16H20O/c1-17(25)8-6-12-19(26)10-4-2-3-5-11-20(27)13-7-9-18-14-15-21(23)22(24)16-18;1-17(24)14-22(2,3)15-19(25)8-6-4-5-7-9-20(26)16-27-21-12-10-18(23)11-13-21;1-17(23)11-16-21(25)9-5-3-2-4-8-20(24)10-6-7-18-12-14-19(22)15-13-18;1-13(17)8-11-15(18)6-4-2-3-5-7-16(19)12-14-9-10-14;1-3-4-5-6-7-8-9-10-11-12-13-14-15-16(2)17/h2-3,5,11,14-16,19-20,26-27H,6,8,12-13H2,1H3;4-5,7,9-13,19-20,25-26H,14-16H2,1-3H3;2-4,8,12-15,20-21,24-25H,10-11,16H2,1H3;2-3,5,7,14-16,18-19H,8-12H2,1H3;1,6-9H,4-5,12-15H2,2H3/b3-2+,11-5+;5-4+,9-7+;3-2+,8-4+;3-2+,7-5+;7-6+,9-8+/t2*19-,20+;20-,21+;15-,16+;/m1101./s1. The minimum absolute atomic E-state index is 0.0239. The monoisotopic (exact) mass is 1610 g/mol. The highest BCUT2D eigenvalue weighted by Gasteiger charge is 2.24. The predicted octanol–water partition coefficient (Wildman–Crippen LogP) is 16.2. The Labute approximate surface area is 692 Å². The topological polar surface area (TPSA) is 256 Å². The Morgan fingerprint density at radius 1 is 0.487 bits per heavy atom. The molecule has 0 bridgehead atoms. The summed E-state index contributed by atoms with van der Waals surface area (Å²) in [6.07, 6.45) is 46.1. The predicted molar refractivity (Wildman–Crippen MR) is 459 cm³/mol. The van der Waals surface area contributed by atoms with Gasteiger partial charge in [-0.25, -0.2) is 8.78 Å². The van der Waals surface area contributed by atoms with E-state index in [0.717, 1.165) is 44.1 Å². The molecule has 18 heteroatoms. The molecule has 0 amide bonds. The number of rotatable bonds is 36. The first-order valence-electron chi connectivity index (χ1n) is 38.0. The number of ether oxygens (including phenoxy) is 1. The molecule has 3 aromatic rings. The molecular formula is C97H112Cl2F2O14. The van der Waals surface area contributed by atoms with E-state index in [-0.39, 0.29) is 71.5 Å². The quantitative estimate of drug-likeness (QED) is 0.0153. The van der Waals surface area contributed by atoms with Gasteiger partial charge < -0.3 is 69.6 Å². The number of aliphatic hydroxyl groups excluding tert-OH is 8. The van der Waals surface area contributed by atoms with Crippen molar-refractivity contribution in [1.29, 1.82) is 0 Å². The summed E-state index contributed by atoms with van der Waals surface area (Å²) in [4.78, 5) is 54.1. The van der Waals surface area contributed by atoms with Crippen LogP contribution in [-0.4, -0.2) is 125 Å². The number of hydrogen-bond acceptors (Lipinski definition) is 14. The van der Waals surface area contributed by atoms with Crippen LogP contribution in [0, 0.1) is 118 Å². The maximum absolute atomic E-state index is 12.8. The third kappa shape index (κ3) is 71.3. The summed E-state index contributed by atoms with van der Waals surface area (Å²) in [5.74, 6) is 42.6. The zero-order valence-corrected chi connectivity index (χ0v) is 68.6.